The number of aromatic hydroxyl groups is 2. The molecule has 0 aliphatic rings. The fourth-order valence-electron chi connectivity index (χ4n) is 4.04. The molecule has 0 aliphatic heterocycles. The minimum Gasteiger partial charge on any atom is -0.506 e. The Kier molecular flexibility index (Phi) is 7.86. The lowest BCUT2D eigenvalue weighted by molar-refractivity contribution is 0.0549. The Hall–Kier alpha value is -4.92. The highest BCUT2D eigenvalue weighted by Crippen LogP contribution is 2.52. The molecule has 0 spiro atoms. The molecular formula is C29H26O9. The Labute approximate surface area is 218 Å². The lowest BCUT2D eigenvalue weighted by Crippen LogP contribution is -2.13. The maximum Gasteiger partial charge on any atom is 0.342 e. The van der Waals surface area contributed by atoms with E-state index >= 15 is 0 Å². The Morgan fingerprint density at radius 1 is 0.658 bits per heavy atom. The number of phenols is 2. The number of ether oxygens (including phenoxy) is 5. The summed E-state index contributed by atoms with van der Waals surface area (Å²) in [6.07, 6.45) is 0. The second-order valence-corrected chi connectivity index (χ2v) is 8.14. The van der Waals surface area contributed by atoms with Crippen molar-refractivity contribution in [2.45, 2.75) is 13.2 Å². The fourth-order valence-corrected chi connectivity index (χ4v) is 4.04. The van der Waals surface area contributed by atoms with Gasteiger partial charge in [-0.25, -0.2) is 9.59 Å². The van der Waals surface area contributed by atoms with Crippen LogP contribution in [0, 0.1) is 0 Å². The van der Waals surface area contributed by atoms with Gasteiger partial charge in [0.2, 0.25) is 0 Å². The molecule has 9 nitrogen and oxygen atoms in total. The number of carbonyl (C=O) groups excluding carboxylic acids is 2. The molecule has 0 saturated heterocycles. The fraction of sp³-hybridized carbons (Fsp3) is 0.172. The lowest BCUT2D eigenvalue weighted by Gasteiger charge is -2.21. The van der Waals surface area contributed by atoms with Crippen molar-refractivity contribution in [2.24, 2.45) is 0 Å². The van der Waals surface area contributed by atoms with Crippen LogP contribution in [0.3, 0.4) is 0 Å². The molecule has 0 aromatic heterocycles. The number of phenolic OH excluding ortho intramolecular Hbond substituents is 2. The summed E-state index contributed by atoms with van der Waals surface area (Å²) in [4.78, 5) is 25.4. The largest absolute Gasteiger partial charge is 0.506 e. The van der Waals surface area contributed by atoms with Gasteiger partial charge in [-0.2, -0.15) is 0 Å². The lowest BCUT2D eigenvalue weighted by atomic mass is 9.95. The third kappa shape index (κ3) is 4.99. The van der Waals surface area contributed by atoms with Crippen LogP contribution in [0.4, 0.5) is 0 Å². The van der Waals surface area contributed by atoms with Gasteiger partial charge >= 0.3 is 11.9 Å². The van der Waals surface area contributed by atoms with Crippen molar-refractivity contribution in [3.63, 3.8) is 0 Å². The number of hydrogen-bond acceptors (Lipinski definition) is 9. The van der Waals surface area contributed by atoms with Gasteiger partial charge in [-0.3, -0.25) is 0 Å². The predicted octanol–water partition coefficient (Wildman–Crippen LogP) is 4.99. The number of methoxy groups -OCH3 is 3. The van der Waals surface area contributed by atoms with Gasteiger partial charge in [0, 0.05) is 6.07 Å². The van der Waals surface area contributed by atoms with Gasteiger partial charge in [0.05, 0.1) is 32.1 Å². The van der Waals surface area contributed by atoms with E-state index < -0.39 is 34.6 Å². The van der Waals surface area contributed by atoms with E-state index in [2.05, 4.69) is 0 Å². The summed E-state index contributed by atoms with van der Waals surface area (Å²) >= 11 is 0. The number of rotatable bonds is 9. The molecule has 0 bridgehead atoms. The van der Waals surface area contributed by atoms with Crippen molar-refractivity contribution >= 4 is 22.7 Å². The molecular weight excluding hydrogens is 492 g/mol. The van der Waals surface area contributed by atoms with E-state index in [-0.39, 0.29) is 41.2 Å². The third-order valence-corrected chi connectivity index (χ3v) is 5.87. The predicted molar refractivity (Wildman–Crippen MR) is 138 cm³/mol. The van der Waals surface area contributed by atoms with Crippen molar-refractivity contribution in [3.05, 3.63) is 89.0 Å². The highest BCUT2D eigenvalue weighted by molar-refractivity contribution is 6.17. The SMILES string of the molecule is COC(=O)c1c(C(=O)OC)c(O)c2c(OCc3ccccc3)c(OC)cc(OCc3ccccc3)c2c1O. The zero-order valence-electron chi connectivity index (χ0n) is 21.0. The average Bonchev–Trinajstić information content (AvgIpc) is 2.96. The maximum atomic E-state index is 12.7. The van der Waals surface area contributed by atoms with Gasteiger partial charge in [-0.1, -0.05) is 60.7 Å². The molecule has 0 amide bonds. The van der Waals surface area contributed by atoms with Gasteiger partial charge in [0.1, 0.15) is 41.6 Å². The third-order valence-electron chi connectivity index (χ3n) is 5.87. The molecule has 0 heterocycles. The second-order valence-electron chi connectivity index (χ2n) is 8.14. The van der Waals surface area contributed by atoms with Crippen LogP contribution in [0.5, 0.6) is 28.7 Å². The molecule has 4 rings (SSSR count). The Balaban J connectivity index is 2.01. The summed E-state index contributed by atoms with van der Waals surface area (Å²) in [6, 6.07) is 20.0. The zero-order chi connectivity index (χ0) is 27.2. The number of hydrogen-bond donors (Lipinski definition) is 2. The molecule has 0 atom stereocenters. The molecule has 4 aromatic carbocycles. The average molecular weight is 519 g/mol. The van der Waals surface area contributed by atoms with Crippen LogP contribution in [0.25, 0.3) is 10.8 Å². The van der Waals surface area contributed by atoms with Crippen LogP contribution < -0.4 is 14.2 Å². The van der Waals surface area contributed by atoms with Crippen molar-refractivity contribution in [3.8, 4) is 28.7 Å². The molecule has 9 heteroatoms. The molecule has 0 radical (unpaired) electrons. The van der Waals surface area contributed by atoms with Crippen molar-refractivity contribution in [1.82, 2.24) is 0 Å². The molecule has 0 aliphatic carbocycles. The van der Waals surface area contributed by atoms with Crippen LogP contribution in [0.2, 0.25) is 0 Å². The van der Waals surface area contributed by atoms with E-state index in [4.69, 9.17) is 23.7 Å². The Morgan fingerprint density at radius 3 is 1.61 bits per heavy atom. The monoisotopic (exact) mass is 518 g/mol. The van der Waals surface area contributed by atoms with Gasteiger partial charge in [-0.05, 0) is 11.1 Å². The summed E-state index contributed by atoms with van der Waals surface area (Å²) < 4.78 is 27.2. The molecule has 4 aromatic rings. The van der Waals surface area contributed by atoms with Crippen LogP contribution in [0.15, 0.2) is 66.7 Å². The standard InChI is InChI=1S/C29H26O9/c1-34-20-14-19(37-15-17-10-6-4-7-11-17)21-22(27(20)38-16-18-12-8-5-9-13-18)26(31)24(29(33)36-3)23(25(21)30)28(32)35-2/h4-14,30-31H,15-16H2,1-3H3. The zero-order valence-corrected chi connectivity index (χ0v) is 21.0. The first-order valence-corrected chi connectivity index (χ1v) is 11.5. The van der Waals surface area contributed by atoms with E-state index in [0.717, 1.165) is 25.3 Å². The van der Waals surface area contributed by atoms with Crippen molar-refractivity contribution < 1.29 is 43.5 Å². The van der Waals surface area contributed by atoms with Crippen LogP contribution >= 0.6 is 0 Å². The van der Waals surface area contributed by atoms with E-state index in [1.807, 2.05) is 60.7 Å². The highest BCUT2D eigenvalue weighted by atomic mass is 16.5. The van der Waals surface area contributed by atoms with Gasteiger partial charge < -0.3 is 33.9 Å². The molecule has 0 fully saturated rings. The van der Waals surface area contributed by atoms with Crippen molar-refractivity contribution in [1.29, 1.82) is 0 Å². The summed E-state index contributed by atoms with van der Waals surface area (Å²) in [5.74, 6) is -3.19. The molecule has 0 unspecified atom stereocenters. The number of esters is 2. The minimum absolute atomic E-state index is 0.0211. The molecule has 38 heavy (non-hydrogen) atoms. The quantitative estimate of drug-likeness (QED) is 0.233. The second kappa shape index (κ2) is 11.4. The first-order valence-electron chi connectivity index (χ1n) is 11.5. The first kappa shape index (κ1) is 26.2. The minimum atomic E-state index is -1.07. The van der Waals surface area contributed by atoms with E-state index in [9.17, 15) is 19.8 Å². The summed E-state index contributed by atoms with van der Waals surface area (Å²) in [6.45, 7) is 0.166. The van der Waals surface area contributed by atoms with Crippen LogP contribution in [-0.4, -0.2) is 43.5 Å². The summed E-state index contributed by atoms with van der Waals surface area (Å²) in [7, 11) is 3.56. The maximum absolute atomic E-state index is 12.7. The van der Waals surface area contributed by atoms with Crippen LogP contribution in [0.1, 0.15) is 31.8 Å². The normalized spacial score (nSPS) is 10.6. The number of benzene rings is 4. The summed E-state index contributed by atoms with van der Waals surface area (Å²) in [5.41, 5.74) is 0.478. The Morgan fingerprint density at radius 2 is 1.13 bits per heavy atom. The smallest absolute Gasteiger partial charge is 0.342 e. The number of carbonyl (C=O) groups is 2. The van der Waals surface area contributed by atoms with E-state index in [0.29, 0.717) is 0 Å². The molecule has 0 saturated carbocycles. The Bertz CT molecular complexity index is 1460. The van der Waals surface area contributed by atoms with Crippen LogP contribution in [-0.2, 0) is 22.7 Å². The highest BCUT2D eigenvalue weighted by Gasteiger charge is 2.34. The number of fused-ring (bicyclic) bond motifs is 1. The summed E-state index contributed by atoms with van der Waals surface area (Å²) in [5, 5.41) is 22.6. The van der Waals surface area contributed by atoms with Gasteiger partial charge in [0.25, 0.3) is 0 Å². The molecule has 196 valence electrons. The topological polar surface area (TPSA) is 121 Å². The molecule has 2 N–H and O–H groups in total. The van der Waals surface area contributed by atoms with Gasteiger partial charge in [0.15, 0.2) is 11.5 Å². The van der Waals surface area contributed by atoms with E-state index in [1.165, 1.54) is 13.2 Å². The van der Waals surface area contributed by atoms with Gasteiger partial charge in [-0.15, -0.1) is 0 Å². The van der Waals surface area contributed by atoms with Crippen molar-refractivity contribution in [2.75, 3.05) is 21.3 Å². The van der Waals surface area contributed by atoms with E-state index in [1.54, 1.807) is 0 Å². The first-order chi connectivity index (χ1) is 18.4.